The summed E-state index contributed by atoms with van der Waals surface area (Å²) in [4.78, 5) is 12.9. The van der Waals surface area contributed by atoms with Crippen molar-refractivity contribution >= 4 is 33.2 Å². The van der Waals surface area contributed by atoms with E-state index in [0.29, 0.717) is 19.1 Å². The Hall–Kier alpha value is -0.390. The van der Waals surface area contributed by atoms with Gasteiger partial charge in [0.05, 0.1) is 16.4 Å². The molecule has 2 rings (SSSR count). The van der Waals surface area contributed by atoms with Crippen LogP contribution in [0.25, 0.3) is 0 Å². The van der Waals surface area contributed by atoms with E-state index < -0.39 is 0 Å². The molecule has 1 aromatic rings. The summed E-state index contributed by atoms with van der Waals surface area (Å²) in [6.45, 7) is 1.48. The van der Waals surface area contributed by atoms with Gasteiger partial charge in [0.15, 0.2) is 0 Å². The van der Waals surface area contributed by atoms with E-state index in [1.165, 1.54) is 11.3 Å². The Morgan fingerprint density at radius 2 is 2.39 bits per heavy atom. The lowest BCUT2D eigenvalue weighted by Crippen LogP contribution is -2.25. The van der Waals surface area contributed by atoms with E-state index in [0.717, 1.165) is 29.7 Å². The maximum Gasteiger partial charge on any atom is 0.220 e. The molecule has 0 aromatic carbocycles. The number of amides is 1. The third kappa shape index (κ3) is 4.71. The van der Waals surface area contributed by atoms with Crippen LogP contribution in [0.2, 0.25) is 0 Å². The van der Waals surface area contributed by atoms with E-state index in [1.807, 2.05) is 12.1 Å². The van der Waals surface area contributed by atoms with Crippen LogP contribution in [0, 0.1) is 0 Å². The molecule has 5 heteroatoms. The fraction of sp³-hybridized carbons (Fsp3) is 0.615. The number of rotatable bonds is 5. The van der Waals surface area contributed by atoms with Gasteiger partial charge in [-0.3, -0.25) is 4.79 Å². The zero-order chi connectivity index (χ0) is 12.8. The molecule has 100 valence electrons. The Labute approximate surface area is 120 Å². The van der Waals surface area contributed by atoms with Gasteiger partial charge in [-0.15, -0.1) is 11.3 Å². The summed E-state index contributed by atoms with van der Waals surface area (Å²) in [7, 11) is 0. The van der Waals surface area contributed by atoms with E-state index in [-0.39, 0.29) is 5.91 Å². The van der Waals surface area contributed by atoms with Crippen molar-refractivity contribution < 1.29 is 9.53 Å². The average molecular weight is 332 g/mol. The van der Waals surface area contributed by atoms with Crippen molar-refractivity contribution in [3.05, 3.63) is 20.8 Å². The fourth-order valence-electron chi connectivity index (χ4n) is 2.05. The van der Waals surface area contributed by atoms with E-state index in [1.54, 1.807) is 11.3 Å². The van der Waals surface area contributed by atoms with Crippen molar-refractivity contribution in [2.24, 2.45) is 0 Å². The number of hydrogen-bond acceptors (Lipinski definition) is 3. The summed E-state index contributed by atoms with van der Waals surface area (Å²) in [5.41, 5.74) is 0. The van der Waals surface area contributed by atoms with Gasteiger partial charge in [0.2, 0.25) is 5.91 Å². The quantitative estimate of drug-likeness (QED) is 0.897. The van der Waals surface area contributed by atoms with Gasteiger partial charge in [0, 0.05) is 17.9 Å². The predicted molar refractivity (Wildman–Crippen MR) is 76.7 cm³/mol. The number of carbonyl (C=O) groups is 1. The first-order valence-corrected chi connectivity index (χ1v) is 7.97. The summed E-state index contributed by atoms with van der Waals surface area (Å²) < 4.78 is 6.71. The first-order chi connectivity index (χ1) is 8.74. The second-order valence-electron chi connectivity index (χ2n) is 4.51. The highest BCUT2D eigenvalue weighted by Crippen LogP contribution is 2.22. The molecule has 1 fully saturated rings. The molecule has 3 nitrogen and oxygen atoms in total. The highest BCUT2D eigenvalue weighted by molar-refractivity contribution is 9.11. The summed E-state index contributed by atoms with van der Waals surface area (Å²) in [5, 5.41) is 2.95. The molecule has 1 amide bonds. The number of hydrogen-bond donors (Lipinski definition) is 1. The minimum absolute atomic E-state index is 0.119. The normalized spacial score (nSPS) is 19.7. The molecule has 1 aliphatic heterocycles. The van der Waals surface area contributed by atoms with Gasteiger partial charge in [0.1, 0.15) is 0 Å². The maximum atomic E-state index is 11.7. The van der Waals surface area contributed by atoms with Crippen molar-refractivity contribution in [2.45, 2.75) is 44.8 Å². The van der Waals surface area contributed by atoms with Gasteiger partial charge in [-0.05, 0) is 53.7 Å². The summed E-state index contributed by atoms with van der Waals surface area (Å²) in [6.07, 6.45) is 5.20. The molecule has 1 unspecified atom stereocenters. The highest BCUT2D eigenvalue weighted by Gasteiger charge is 2.15. The number of nitrogens with one attached hydrogen (secondary N) is 1. The van der Waals surface area contributed by atoms with E-state index >= 15 is 0 Å². The minimum Gasteiger partial charge on any atom is -0.378 e. The number of halogens is 1. The molecule has 0 saturated carbocycles. The maximum absolute atomic E-state index is 11.7. The molecule has 1 aliphatic rings. The summed E-state index contributed by atoms with van der Waals surface area (Å²) in [6, 6.07) is 4.03. The van der Waals surface area contributed by atoms with Crippen LogP contribution >= 0.6 is 27.3 Å². The number of ether oxygens (including phenoxy) is 1. The molecule has 1 saturated heterocycles. The Morgan fingerprint density at radius 1 is 1.50 bits per heavy atom. The molecule has 0 bridgehead atoms. The standard InChI is InChI=1S/C13H18BrNO2S/c14-12-6-5-11(18-12)9-15-13(16)7-4-10-3-1-2-8-17-10/h5-6,10H,1-4,7-9H2,(H,15,16). The van der Waals surface area contributed by atoms with Crippen LogP contribution in [-0.4, -0.2) is 18.6 Å². The van der Waals surface area contributed by atoms with Crippen molar-refractivity contribution in [1.29, 1.82) is 0 Å². The fourth-order valence-corrected chi connectivity index (χ4v) is 3.47. The molecule has 1 N–H and O–H groups in total. The lowest BCUT2D eigenvalue weighted by atomic mass is 10.0. The highest BCUT2D eigenvalue weighted by atomic mass is 79.9. The van der Waals surface area contributed by atoms with Gasteiger partial charge in [-0.25, -0.2) is 0 Å². The zero-order valence-electron chi connectivity index (χ0n) is 10.3. The SMILES string of the molecule is O=C(CCC1CCCCO1)NCc1ccc(Br)s1. The van der Waals surface area contributed by atoms with Crippen molar-refractivity contribution in [3.8, 4) is 0 Å². The average Bonchev–Trinajstić information content (AvgIpc) is 2.81. The minimum atomic E-state index is 0.119. The Kier molecular flexibility index (Phi) is 5.66. The molecule has 1 aromatic heterocycles. The van der Waals surface area contributed by atoms with Crippen molar-refractivity contribution in [3.63, 3.8) is 0 Å². The monoisotopic (exact) mass is 331 g/mol. The van der Waals surface area contributed by atoms with Gasteiger partial charge in [0.25, 0.3) is 0 Å². The second-order valence-corrected chi connectivity index (χ2v) is 7.06. The lowest BCUT2D eigenvalue weighted by Gasteiger charge is -2.22. The van der Waals surface area contributed by atoms with Crippen LogP contribution < -0.4 is 5.32 Å². The largest absolute Gasteiger partial charge is 0.378 e. The van der Waals surface area contributed by atoms with E-state index in [4.69, 9.17) is 4.74 Å². The van der Waals surface area contributed by atoms with E-state index in [2.05, 4.69) is 21.2 Å². The smallest absolute Gasteiger partial charge is 0.220 e. The van der Waals surface area contributed by atoms with Crippen LogP contribution in [-0.2, 0) is 16.1 Å². The second kappa shape index (κ2) is 7.26. The number of carbonyl (C=O) groups excluding carboxylic acids is 1. The first-order valence-electron chi connectivity index (χ1n) is 6.36. The van der Waals surface area contributed by atoms with Crippen LogP contribution in [0.1, 0.15) is 37.0 Å². The topological polar surface area (TPSA) is 38.3 Å². The van der Waals surface area contributed by atoms with Gasteiger partial charge in [-0.2, -0.15) is 0 Å². The molecule has 1 atom stereocenters. The zero-order valence-corrected chi connectivity index (χ0v) is 12.7. The third-order valence-electron chi connectivity index (χ3n) is 3.06. The van der Waals surface area contributed by atoms with Crippen LogP contribution in [0.15, 0.2) is 15.9 Å². The van der Waals surface area contributed by atoms with Gasteiger partial charge >= 0.3 is 0 Å². The van der Waals surface area contributed by atoms with Gasteiger partial charge in [-0.1, -0.05) is 0 Å². The molecule has 0 radical (unpaired) electrons. The summed E-state index contributed by atoms with van der Waals surface area (Å²) in [5.74, 6) is 0.119. The molecular formula is C13H18BrNO2S. The lowest BCUT2D eigenvalue weighted by molar-refractivity contribution is -0.122. The Bertz CT molecular complexity index is 388. The molecule has 0 aliphatic carbocycles. The van der Waals surface area contributed by atoms with Crippen LogP contribution in [0.5, 0.6) is 0 Å². The molecule has 2 heterocycles. The predicted octanol–water partition coefficient (Wildman–Crippen LogP) is 3.48. The third-order valence-corrected chi connectivity index (χ3v) is 4.68. The Morgan fingerprint density at radius 3 is 3.06 bits per heavy atom. The Balaban J connectivity index is 1.62. The van der Waals surface area contributed by atoms with Crippen molar-refractivity contribution in [1.82, 2.24) is 5.32 Å². The van der Waals surface area contributed by atoms with E-state index in [9.17, 15) is 4.79 Å². The summed E-state index contributed by atoms with van der Waals surface area (Å²) >= 11 is 5.06. The number of thiophene rings is 1. The molecule has 0 spiro atoms. The van der Waals surface area contributed by atoms with Crippen molar-refractivity contribution in [2.75, 3.05) is 6.61 Å². The van der Waals surface area contributed by atoms with Gasteiger partial charge < -0.3 is 10.1 Å². The molecule has 18 heavy (non-hydrogen) atoms. The van der Waals surface area contributed by atoms with Crippen LogP contribution in [0.3, 0.4) is 0 Å². The molecular weight excluding hydrogens is 314 g/mol. The van der Waals surface area contributed by atoms with Crippen LogP contribution in [0.4, 0.5) is 0 Å². The first kappa shape index (κ1) is 14.0.